The lowest BCUT2D eigenvalue weighted by Crippen LogP contribution is -2.20. The Balaban J connectivity index is 2.14. The molecule has 0 aromatic carbocycles. The van der Waals surface area contributed by atoms with Gasteiger partial charge in [0, 0.05) is 6.42 Å². The highest BCUT2D eigenvalue weighted by Gasteiger charge is 2.27. The highest BCUT2D eigenvalue weighted by Crippen LogP contribution is 2.45. The average Bonchev–Trinajstić information content (AvgIpc) is 2.25. The Morgan fingerprint density at radius 3 is 2.50 bits per heavy atom. The SMILES string of the molecule is C=C(C)C(=O)CCCCC1(C)SCCCS1. The molecule has 0 atom stereocenters. The Morgan fingerprint density at radius 1 is 1.31 bits per heavy atom. The molecule has 16 heavy (non-hydrogen) atoms. The van der Waals surface area contributed by atoms with Crippen molar-refractivity contribution < 1.29 is 4.79 Å². The van der Waals surface area contributed by atoms with E-state index in [2.05, 4.69) is 37.0 Å². The number of unbranched alkanes of at least 4 members (excludes halogenated alkanes) is 1. The first-order chi connectivity index (χ1) is 7.53. The maximum absolute atomic E-state index is 11.4. The van der Waals surface area contributed by atoms with Crippen molar-refractivity contribution in [1.82, 2.24) is 0 Å². The molecule has 1 fully saturated rings. The first-order valence-corrected chi connectivity index (χ1v) is 7.97. The molecule has 92 valence electrons. The minimum atomic E-state index is 0.231. The van der Waals surface area contributed by atoms with Crippen molar-refractivity contribution in [3.63, 3.8) is 0 Å². The standard InChI is InChI=1S/C13H22OS2/c1-11(2)12(14)7-4-5-8-13(3)15-9-6-10-16-13/h1,4-10H2,2-3H3. The van der Waals surface area contributed by atoms with Crippen LogP contribution in [0.15, 0.2) is 12.2 Å². The second-order valence-corrected chi connectivity index (χ2v) is 8.05. The highest BCUT2D eigenvalue weighted by molar-refractivity contribution is 8.18. The lowest BCUT2D eigenvalue weighted by Gasteiger charge is -2.32. The number of rotatable bonds is 6. The minimum absolute atomic E-state index is 0.231. The molecule has 1 saturated heterocycles. The van der Waals surface area contributed by atoms with Gasteiger partial charge in [0.25, 0.3) is 0 Å². The van der Waals surface area contributed by atoms with Crippen LogP contribution in [0.3, 0.4) is 0 Å². The smallest absolute Gasteiger partial charge is 0.157 e. The summed E-state index contributed by atoms with van der Waals surface area (Å²) in [6.45, 7) is 7.83. The molecule has 1 aliphatic rings. The third-order valence-electron chi connectivity index (χ3n) is 2.86. The number of Topliss-reactive ketones (excluding diaryl/α,β-unsaturated/α-hetero) is 1. The van der Waals surface area contributed by atoms with Crippen molar-refractivity contribution in [3.8, 4) is 0 Å². The fourth-order valence-electron chi connectivity index (χ4n) is 1.77. The van der Waals surface area contributed by atoms with Gasteiger partial charge in [-0.3, -0.25) is 4.79 Å². The molecule has 1 aliphatic heterocycles. The molecule has 0 aliphatic carbocycles. The number of hydrogen-bond donors (Lipinski definition) is 0. The van der Waals surface area contributed by atoms with Crippen LogP contribution in [0.25, 0.3) is 0 Å². The Labute approximate surface area is 108 Å². The van der Waals surface area contributed by atoms with E-state index in [-0.39, 0.29) is 5.78 Å². The van der Waals surface area contributed by atoms with Crippen molar-refractivity contribution >= 4 is 29.3 Å². The summed E-state index contributed by atoms with van der Waals surface area (Å²) in [4.78, 5) is 11.4. The van der Waals surface area contributed by atoms with Crippen LogP contribution in [0.5, 0.6) is 0 Å². The second-order valence-electron chi connectivity index (χ2n) is 4.59. The third-order valence-corrected chi connectivity index (χ3v) is 6.19. The van der Waals surface area contributed by atoms with Crippen LogP contribution in [-0.2, 0) is 4.79 Å². The normalized spacial score (nSPS) is 19.4. The Morgan fingerprint density at radius 2 is 1.94 bits per heavy atom. The zero-order valence-electron chi connectivity index (χ0n) is 10.4. The van der Waals surface area contributed by atoms with E-state index in [4.69, 9.17) is 0 Å². The molecule has 0 radical (unpaired) electrons. The highest BCUT2D eigenvalue weighted by atomic mass is 32.2. The van der Waals surface area contributed by atoms with E-state index >= 15 is 0 Å². The van der Waals surface area contributed by atoms with Crippen LogP contribution >= 0.6 is 23.5 Å². The summed E-state index contributed by atoms with van der Waals surface area (Å²) in [5.74, 6) is 2.83. The number of carbonyl (C=O) groups excluding carboxylic acids is 1. The number of hydrogen-bond acceptors (Lipinski definition) is 3. The Hall–Kier alpha value is 0.110. The summed E-state index contributed by atoms with van der Waals surface area (Å²) in [6, 6.07) is 0. The molecule has 0 saturated carbocycles. The van der Waals surface area contributed by atoms with Gasteiger partial charge in [-0.1, -0.05) is 13.0 Å². The third kappa shape index (κ3) is 4.96. The summed E-state index contributed by atoms with van der Waals surface area (Å²) in [5, 5.41) is 0. The van der Waals surface area contributed by atoms with E-state index in [1.807, 2.05) is 0 Å². The molecular formula is C13H22OS2. The molecule has 0 spiro atoms. The van der Waals surface area contributed by atoms with Crippen LogP contribution in [0.1, 0.15) is 46.0 Å². The van der Waals surface area contributed by atoms with E-state index in [1.165, 1.54) is 24.3 Å². The van der Waals surface area contributed by atoms with Gasteiger partial charge >= 0.3 is 0 Å². The monoisotopic (exact) mass is 258 g/mol. The van der Waals surface area contributed by atoms with Crippen molar-refractivity contribution in [3.05, 3.63) is 12.2 Å². The molecule has 0 aromatic heterocycles. The van der Waals surface area contributed by atoms with E-state index < -0.39 is 0 Å². The zero-order chi connectivity index (χ0) is 12.0. The van der Waals surface area contributed by atoms with Gasteiger partial charge in [0.15, 0.2) is 5.78 Å². The number of carbonyl (C=O) groups is 1. The first kappa shape index (κ1) is 14.2. The van der Waals surface area contributed by atoms with Crippen molar-refractivity contribution in [2.45, 2.75) is 50.0 Å². The summed E-state index contributed by atoms with van der Waals surface area (Å²) in [6.07, 6.45) is 5.43. The van der Waals surface area contributed by atoms with Gasteiger partial charge in [-0.05, 0) is 50.2 Å². The van der Waals surface area contributed by atoms with Gasteiger partial charge in [0.1, 0.15) is 0 Å². The lowest BCUT2D eigenvalue weighted by molar-refractivity contribution is -0.115. The molecular weight excluding hydrogens is 236 g/mol. The molecule has 1 nitrogen and oxygen atoms in total. The zero-order valence-corrected chi connectivity index (χ0v) is 12.0. The topological polar surface area (TPSA) is 17.1 Å². The van der Waals surface area contributed by atoms with Gasteiger partial charge in [0.05, 0.1) is 4.08 Å². The van der Waals surface area contributed by atoms with Gasteiger partial charge < -0.3 is 0 Å². The summed E-state index contributed by atoms with van der Waals surface area (Å²) in [7, 11) is 0. The molecule has 0 bridgehead atoms. The predicted octanol–water partition coefficient (Wildman–Crippen LogP) is 4.28. The summed E-state index contributed by atoms with van der Waals surface area (Å²) >= 11 is 4.18. The maximum atomic E-state index is 11.4. The molecule has 1 heterocycles. The van der Waals surface area contributed by atoms with Crippen LogP contribution in [0.4, 0.5) is 0 Å². The number of allylic oxidation sites excluding steroid dienone is 1. The van der Waals surface area contributed by atoms with E-state index in [9.17, 15) is 4.79 Å². The average molecular weight is 258 g/mol. The molecule has 1 rings (SSSR count). The van der Waals surface area contributed by atoms with Gasteiger partial charge in [-0.15, -0.1) is 23.5 Å². The number of thioether (sulfide) groups is 2. The maximum Gasteiger partial charge on any atom is 0.157 e. The largest absolute Gasteiger partial charge is 0.295 e. The Kier molecular flexibility index (Phi) is 5.98. The molecule has 3 heteroatoms. The minimum Gasteiger partial charge on any atom is -0.295 e. The van der Waals surface area contributed by atoms with E-state index in [1.54, 1.807) is 6.92 Å². The van der Waals surface area contributed by atoms with Crippen molar-refractivity contribution in [2.75, 3.05) is 11.5 Å². The summed E-state index contributed by atoms with van der Waals surface area (Å²) < 4.78 is 0.407. The van der Waals surface area contributed by atoms with Gasteiger partial charge in [-0.2, -0.15) is 0 Å². The van der Waals surface area contributed by atoms with Crippen LogP contribution in [-0.4, -0.2) is 21.4 Å². The van der Waals surface area contributed by atoms with E-state index in [0.717, 1.165) is 12.8 Å². The number of ketones is 1. The van der Waals surface area contributed by atoms with Crippen LogP contribution < -0.4 is 0 Å². The quantitative estimate of drug-likeness (QED) is 0.523. The molecule has 0 unspecified atom stereocenters. The van der Waals surface area contributed by atoms with Crippen molar-refractivity contribution in [1.29, 1.82) is 0 Å². The second kappa shape index (κ2) is 6.75. The summed E-state index contributed by atoms with van der Waals surface area (Å²) in [5.41, 5.74) is 0.702. The van der Waals surface area contributed by atoms with Gasteiger partial charge in [-0.25, -0.2) is 0 Å². The lowest BCUT2D eigenvalue weighted by atomic mass is 10.1. The molecule has 0 aromatic rings. The van der Waals surface area contributed by atoms with Crippen molar-refractivity contribution in [2.24, 2.45) is 0 Å². The van der Waals surface area contributed by atoms with Crippen LogP contribution in [0.2, 0.25) is 0 Å². The van der Waals surface area contributed by atoms with E-state index in [0.29, 0.717) is 16.1 Å². The fraction of sp³-hybridized carbons (Fsp3) is 0.769. The van der Waals surface area contributed by atoms with Gasteiger partial charge in [0.2, 0.25) is 0 Å². The fourth-order valence-corrected chi connectivity index (χ4v) is 4.80. The Bertz CT molecular complexity index is 255. The van der Waals surface area contributed by atoms with Crippen LogP contribution in [0, 0.1) is 0 Å². The predicted molar refractivity (Wildman–Crippen MR) is 76.2 cm³/mol. The first-order valence-electron chi connectivity index (χ1n) is 6.00. The molecule has 0 N–H and O–H groups in total. The molecule has 0 amide bonds.